The van der Waals surface area contributed by atoms with Crippen LogP contribution in [0.3, 0.4) is 0 Å². The van der Waals surface area contributed by atoms with Crippen LogP contribution in [-0.2, 0) is 19.1 Å². The lowest BCUT2D eigenvalue weighted by atomic mass is 9.77. The molecule has 0 aromatic heterocycles. The van der Waals surface area contributed by atoms with E-state index in [1.165, 1.54) is 5.56 Å². The number of unbranched alkanes of at least 4 members (excludes halogenated alkanes) is 1. The summed E-state index contributed by atoms with van der Waals surface area (Å²) >= 11 is 0. The lowest BCUT2D eigenvalue weighted by molar-refractivity contribution is -0.141. The van der Waals surface area contributed by atoms with E-state index < -0.39 is 37.7 Å². The van der Waals surface area contributed by atoms with Crippen molar-refractivity contribution in [2.45, 2.75) is 63.5 Å². The van der Waals surface area contributed by atoms with Crippen LogP contribution in [0.5, 0.6) is 11.5 Å². The maximum absolute atomic E-state index is 12.4. The zero-order valence-electron chi connectivity index (χ0n) is 26.0. The molecule has 3 rings (SSSR count). The Balaban J connectivity index is 1.60. The first-order valence-electron chi connectivity index (χ1n) is 15.5. The normalized spacial score (nSPS) is 16.4. The number of aliphatic hydroxyl groups excluding tert-OH is 2. The van der Waals surface area contributed by atoms with E-state index in [-0.39, 0.29) is 44.0 Å². The third-order valence-electron chi connectivity index (χ3n) is 7.94. The predicted molar refractivity (Wildman–Crippen MR) is 166 cm³/mol. The number of hydrogen-bond donors (Lipinski definition) is 2. The van der Waals surface area contributed by atoms with E-state index in [0.29, 0.717) is 29.8 Å². The molecule has 46 heavy (non-hydrogen) atoms. The Kier molecular flexibility index (Phi) is 14.6. The summed E-state index contributed by atoms with van der Waals surface area (Å²) in [7, 11) is 0. The van der Waals surface area contributed by atoms with E-state index in [1.54, 1.807) is 12.1 Å². The number of esters is 2. The van der Waals surface area contributed by atoms with Gasteiger partial charge in [-0.3, -0.25) is 0 Å². The number of benzene rings is 2. The van der Waals surface area contributed by atoms with Crippen LogP contribution in [0.15, 0.2) is 66.8 Å². The van der Waals surface area contributed by atoms with Crippen molar-refractivity contribution in [2.24, 2.45) is 5.92 Å². The highest BCUT2D eigenvalue weighted by molar-refractivity contribution is 5.88. The van der Waals surface area contributed by atoms with Gasteiger partial charge >= 0.3 is 18.1 Å². The van der Waals surface area contributed by atoms with E-state index in [0.717, 1.165) is 43.2 Å². The number of rotatable bonds is 18. The van der Waals surface area contributed by atoms with Crippen LogP contribution in [-0.4, -0.2) is 68.0 Å². The zero-order valence-corrected chi connectivity index (χ0v) is 26.0. The lowest BCUT2D eigenvalue weighted by Crippen LogP contribution is -2.16. The van der Waals surface area contributed by atoms with Gasteiger partial charge in [-0.05, 0) is 72.8 Å². The molecule has 0 spiro atoms. The zero-order chi connectivity index (χ0) is 33.5. The van der Waals surface area contributed by atoms with Crippen LogP contribution in [0.1, 0.15) is 62.8 Å². The van der Waals surface area contributed by atoms with Gasteiger partial charge in [0.25, 0.3) is 0 Å². The molecule has 0 bridgehead atoms. The molecule has 1 aliphatic carbocycles. The first kappa shape index (κ1) is 36.6. The van der Waals surface area contributed by atoms with E-state index in [2.05, 4.69) is 25.3 Å². The summed E-state index contributed by atoms with van der Waals surface area (Å²) in [6.45, 7) is 5.67. The fourth-order valence-electron chi connectivity index (χ4n) is 5.32. The molecule has 0 aliphatic heterocycles. The van der Waals surface area contributed by atoms with Crippen LogP contribution in [0, 0.1) is 5.92 Å². The number of carbonyl (C=O) groups is 2. The van der Waals surface area contributed by atoms with Crippen molar-refractivity contribution in [3.8, 4) is 22.6 Å². The number of halogens is 3. The lowest BCUT2D eigenvalue weighted by Gasteiger charge is -2.29. The van der Waals surface area contributed by atoms with Gasteiger partial charge in [0.1, 0.15) is 26.4 Å². The SMILES string of the molecule is C=C(CO)C(=O)OCCOc1ccc(-c2ccc(C3CCC(CCCCC(F)(F)F)CC3)cc2)cc1OCCOC(=O)C(=C)CO. The molecular formula is C35H43F3O8. The molecule has 2 aromatic carbocycles. The largest absolute Gasteiger partial charge is 0.486 e. The molecule has 1 aliphatic rings. The summed E-state index contributed by atoms with van der Waals surface area (Å²) in [6, 6.07) is 13.7. The van der Waals surface area contributed by atoms with Gasteiger partial charge in [-0.15, -0.1) is 0 Å². The Bertz CT molecular complexity index is 1300. The molecule has 2 N–H and O–H groups in total. The van der Waals surface area contributed by atoms with E-state index in [4.69, 9.17) is 29.2 Å². The second-order valence-corrected chi connectivity index (χ2v) is 11.4. The molecule has 0 amide bonds. The van der Waals surface area contributed by atoms with Gasteiger partial charge in [-0.1, -0.05) is 56.3 Å². The quantitative estimate of drug-likeness (QED) is 0.105. The molecule has 0 heterocycles. The van der Waals surface area contributed by atoms with Crippen molar-refractivity contribution in [3.63, 3.8) is 0 Å². The molecule has 252 valence electrons. The standard InChI is InChI=1S/C35H43F3O8/c1-24(22-39)33(41)45-19-17-43-31-15-14-30(21-32(31)44-18-20-46-34(42)25(2)23-40)29-12-10-28(11-13-29)27-8-6-26(7-9-27)5-3-4-16-35(36,37)38/h10-15,21,26-27,39-40H,1-9,16-20,22-23H2. The Morgan fingerprint density at radius 3 is 1.83 bits per heavy atom. The van der Waals surface area contributed by atoms with Gasteiger partial charge in [-0.2, -0.15) is 13.2 Å². The van der Waals surface area contributed by atoms with Crippen LogP contribution in [0.4, 0.5) is 13.2 Å². The fraction of sp³-hybridized carbons (Fsp3) is 0.486. The van der Waals surface area contributed by atoms with Gasteiger partial charge in [0.05, 0.1) is 24.4 Å². The first-order chi connectivity index (χ1) is 22.0. The van der Waals surface area contributed by atoms with Crippen molar-refractivity contribution in [1.82, 2.24) is 0 Å². The molecule has 0 saturated heterocycles. The second kappa shape index (κ2) is 18.3. The molecule has 1 fully saturated rings. The van der Waals surface area contributed by atoms with E-state index >= 15 is 0 Å². The van der Waals surface area contributed by atoms with Gasteiger partial charge in [0.15, 0.2) is 11.5 Å². The number of ether oxygens (including phenoxy) is 4. The average molecular weight is 649 g/mol. The Hall–Kier alpha value is -3.83. The predicted octanol–water partition coefficient (Wildman–Crippen LogP) is 6.69. The molecule has 8 nitrogen and oxygen atoms in total. The third kappa shape index (κ3) is 12.2. The summed E-state index contributed by atoms with van der Waals surface area (Å²) < 4.78 is 58.9. The molecule has 2 aromatic rings. The molecule has 0 radical (unpaired) electrons. The highest BCUT2D eigenvalue weighted by atomic mass is 19.4. The third-order valence-corrected chi connectivity index (χ3v) is 7.94. The minimum atomic E-state index is -4.07. The molecule has 1 saturated carbocycles. The minimum absolute atomic E-state index is 0.000483. The summed E-state index contributed by atoms with van der Waals surface area (Å²) in [6.07, 6.45) is 1.01. The van der Waals surface area contributed by atoms with Crippen molar-refractivity contribution in [2.75, 3.05) is 39.6 Å². The maximum atomic E-state index is 12.4. The summed E-state index contributed by atoms with van der Waals surface area (Å²) in [5, 5.41) is 18.0. The number of alkyl halides is 3. The van der Waals surface area contributed by atoms with Crippen molar-refractivity contribution >= 4 is 11.9 Å². The number of carbonyl (C=O) groups excluding carboxylic acids is 2. The van der Waals surface area contributed by atoms with Gasteiger partial charge < -0.3 is 29.2 Å². The van der Waals surface area contributed by atoms with Gasteiger partial charge in [-0.25, -0.2) is 9.59 Å². The average Bonchev–Trinajstić information content (AvgIpc) is 3.06. The van der Waals surface area contributed by atoms with Crippen LogP contribution in [0.2, 0.25) is 0 Å². The molecule has 11 heteroatoms. The highest BCUT2D eigenvalue weighted by Gasteiger charge is 2.27. The van der Waals surface area contributed by atoms with Gasteiger partial charge in [0.2, 0.25) is 0 Å². The summed E-state index contributed by atoms with van der Waals surface area (Å²) in [5.41, 5.74) is 2.90. The highest BCUT2D eigenvalue weighted by Crippen LogP contribution is 2.39. The summed E-state index contributed by atoms with van der Waals surface area (Å²) in [4.78, 5) is 23.5. The van der Waals surface area contributed by atoms with Crippen molar-refractivity contribution in [3.05, 3.63) is 72.3 Å². The van der Waals surface area contributed by atoms with Crippen LogP contribution >= 0.6 is 0 Å². The Morgan fingerprint density at radius 2 is 1.28 bits per heavy atom. The smallest absolute Gasteiger partial charge is 0.389 e. The Morgan fingerprint density at radius 1 is 0.739 bits per heavy atom. The second-order valence-electron chi connectivity index (χ2n) is 11.4. The van der Waals surface area contributed by atoms with Crippen LogP contribution < -0.4 is 9.47 Å². The number of hydrogen-bond acceptors (Lipinski definition) is 8. The van der Waals surface area contributed by atoms with Gasteiger partial charge in [0, 0.05) is 6.42 Å². The molecular weight excluding hydrogens is 605 g/mol. The minimum Gasteiger partial charge on any atom is -0.486 e. The van der Waals surface area contributed by atoms with E-state index in [1.807, 2.05) is 18.2 Å². The van der Waals surface area contributed by atoms with E-state index in [9.17, 15) is 22.8 Å². The first-order valence-corrected chi connectivity index (χ1v) is 15.5. The monoisotopic (exact) mass is 648 g/mol. The fourth-order valence-corrected chi connectivity index (χ4v) is 5.32. The van der Waals surface area contributed by atoms with Crippen LogP contribution in [0.25, 0.3) is 11.1 Å². The summed E-state index contributed by atoms with van der Waals surface area (Å²) in [5.74, 6) is 0.213. The maximum Gasteiger partial charge on any atom is 0.389 e. The Labute approximate surface area is 267 Å². The van der Waals surface area contributed by atoms with Crippen molar-refractivity contribution < 1.29 is 51.9 Å². The topological polar surface area (TPSA) is 112 Å². The number of aliphatic hydroxyl groups is 2. The molecule has 0 unspecified atom stereocenters. The molecule has 0 atom stereocenters. The van der Waals surface area contributed by atoms with Crippen molar-refractivity contribution in [1.29, 1.82) is 0 Å².